The fourth-order valence-corrected chi connectivity index (χ4v) is 2.86. The molecule has 1 aliphatic carbocycles. The minimum Gasteiger partial charge on any atom is -0.382 e. The summed E-state index contributed by atoms with van der Waals surface area (Å²) in [6.07, 6.45) is 4.68. The van der Waals surface area contributed by atoms with Crippen molar-refractivity contribution in [2.24, 2.45) is 5.73 Å². The molecule has 1 aromatic carbocycles. The van der Waals surface area contributed by atoms with Crippen molar-refractivity contribution in [3.63, 3.8) is 0 Å². The Morgan fingerprint density at radius 3 is 2.16 bits per heavy atom. The molecule has 1 aliphatic rings. The third-order valence-electron chi connectivity index (χ3n) is 4.14. The molecule has 1 fully saturated rings. The number of anilines is 2. The van der Waals surface area contributed by atoms with Crippen molar-refractivity contribution >= 4 is 11.4 Å². The van der Waals surface area contributed by atoms with Gasteiger partial charge < -0.3 is 16.0 Å². The zero-order valence-corrected chi connectivity index (χ0v) is 12.2. The summed E-state index contributed by atoms with van der Waals surface area (Å²) < 4.78 is 0. The van der Waals surface area contributed by atoms with Crippen molar-refractivity contribution in [3.8, 4) is 0 Å². The maximum atomic E-state index is 5.94. The first-order valence-corrected chi connectivity index (χ1v) is 7.60. The number of nitrogens with one attached hydrogen (secondary N) is 1. The molecule has 1 saturated carbocycles. The summed E-state index contributed by atoms with van der Waals surface area (Å²) in [5, 5.41) is 3.63. The van der Waals surface area contributed by atoms with Crippen LogP contribution in [0.4, 0.5) is 11.4 Å². The molecule has 0 radical (unpaired) electrons. The van der Waals surface area contributed by atoms with Gasteiger partial charge in [-0.15, -0.1) is 0 Å². The van der Waals surface area contributed by atoms with Crippen LogP contribution in [0.2, 0.25) is 0 Å². The molecule has 0 heterocycles. The van der Waals surface area contributed by atoms with Gasteiger partial charge in [-0.2, -0.15) is 0 Å². The first-order chi connectivity index (χ1) is 9.22. The van der Waals surface area contributed by atoms with Gasteiger partial charge in [-0.25, -0.2) is 0 Å². The molecule has 3 N–H and O–H groups in total. The van der Waals surface area contributed by atoms with Crippen molar-refractivity contribution < 1.29 is 0 Å². The minimum atomic E-state index is 0.420. The van der Waals surface area contributed by atoms with Crippen molar-refractivity contribution in [2.75, 3.05) is 23.3 Å². The van der Waals surface area contributed by atoms with Crippen molar-refractivity contribution in [2.45, 2.75) is 51.6 Å². The first kappa shape index (κ1) is 14.2. The molecule has 1 aromatic rings. The molecule has 0 amide bonds. The lowest BCUT2D eigenvalue weighted by Gasteiger charge is -2.28. The second-order valence-electron chi connectivity index (χ2n) is 5.48. The molecular weight excluding hydrogens is 234 g/mol. The minimum absolute atomic E-state index is 0.420. The molecule has 0 bridgehead atoms. The van der Waals surface area contributed by atoms with E-state index in [2.05, 4.69) is 48.3 Å². The van der Waals surface area contributed by atoms with Crippen molar-refractivity contribution in [1.82, 2.24) is 0 Å². The zero-order chi connectivity index (χ0) is 13.7. The van der Waals surface area contributed by atoms with Gasteiger partial charge in [0.25, 0.3) is 0 Å². The van der Waals surface area contributed by atoms with E-state index in [9.17, 15) is 0 Å². The number of hydrogen-bond acceptors (Lipinski definition) is 3. The van der Waals surface area contributed by atoms with Crippen LogP contribution in [0, 0.1) is 0 Å². The molecule has 0 aromatic heterocycles. The standard InChI is InChI=1S/C16H27N3/c1-3-19(4-2)16-11-9-15(10-12-16)18-14-7-5-13(17)6-8-14/h9-14,18H,3-8,17H2,1-2H3. The van der Waals surface area contributed by atoms with Crippen LogP contribution in [0.25, 0.3) is 0 Å². The zero-order valence-electron chi connectivity index (χ0n) is 12.2. The highest BCUT2D eigenvalue weighted by molar-refractivity contribution is 5.55. The summed E-state index contributed by atoms with van der Waals surface area (Å²) >= 11 is 0. The number of nitrogens with zero attached hydrogens (tertiary/aromatic N) is 1. The van der Waals surface area contributed by atoms with Crippen molar-refractivity contribution in [3.05, 3.63) is 24.3 Å². The maximum absolute atomic E-state index is 5.94. The van der Waals surface area contributed by atoms with Gasteiger partial charge in [-0.1, -0.05) is 0 Å². The Hall–Kier alpha value is -1.22. The van der Waals surface area contributed by atoms with Crippen LogP contribution in [0.1, 0.15) is 39.5 Å². The quantitative estimate of drug-likeness (QED) is 0.855. The van der Waals surface area contributed by atoms with Crippen LogP contribution in [0.3, 0.4) is 0 Å². The van der Waals surface area contributed by atoms with Crippen LogP contribution < -0.4 is 16.0 Å². The number of benzene rings is 1. The second-order valence-corrected chi connectivity index (χ2v) is 5.48. The van der Waals surface area contributed by atoms with E-state index in [0.717, 1.165) is 25.9 Å². The van der Waals surface area contributed by atoms with E-state index in [0.29, 0.717) is 12.1 Å². The Balaban J connectivity index is 1.91. The monoisotopic (exact) mass is 261 g/mol. The lowest BCUT2D eigenvalue weighted by atomic mass is 9.91. The Kier molecular flexibility index (Phi) is 5.08. The van der Waals surface area contributed by atoms with Crippen molar-refractivity contribution in [1.29, 1.82) is 0 Å². The second kappa shape index (κ2) is 6.80. The van der Waals surface area contributed by atoms with Gasteiger partial charge in [0.1, 0.15) is 0 Å². The average molecular weight is 261 g/mol. The molecule has 106 valence electrons. The highest BCUT2D eigenvalue weighted by Gasteiger charge is 2.18. The highest BCUT2D eigenvalue weighted by Crippen LogP contribution is 2.23. The lowest BCUT2D eigenvalue weighted by Crippen LogP contribution is -2.32. The lowest BCUT2D eigenvalue weighted by molar-refractivity contribution is 0.411. The van der Waals surface area contributed by atoms with Gasteiger partial charge in [-0.3, -0.25) is 0 Å². The van der Waals surface area contributed by atoms with Gasteiger partial charge in [0.15, 0.2) is 0 Å². The summed E-state index contributed by atoms with van der Waals surface area (Å²) in [6.45, 7) is 6.51. The Morgan fingerprint density at radius 2 is 1.63 bits per heavy atom. The molecule has 19 heavy (non-hydrogen) atoms. The summed E-state index contributed by atoms with van der Waals surface area (Å²) in [7, 11) is 0. The Morgan fingerprint density at radius 1 is 1.05 bits per heavy atom. The third-order valence-corrected chi connectivity index (χ3v) is 4.14. The van der Waals surface area contributed by atoms with Crippen LogP contribution >= 0.6 is 0 Å². The third kappa shape index (κ3) is 3.87. The summed E-state index contributed by atoms with van der Waals surface area (Å²) in [5.41, 5.74) is 8.48. The van der Waals surface area contributed by atoms with E-state index >= 15 is 0 Å². The molecule has 3 nitrogen and oxygen atoms in total. The van der Waals surface area contributed by atoms with Gasteiger partial charge in [0.2, 0.25) is 0 Å². The average Bonchev–Trinajstić information content (AvgIpc) is 2.44. The molecule has 0 saturated heterocycles. The normalized spacial score (nSPS) is 23.1. The first-order valence-electron chi connectivity index (χ1n) is 7.60. The molecule has 0 unspecified atom stereocenters. The largest absolute Gasteiger partial charge is 0.382 e. The topological polar surface area (TPSA) is 41.3 Å². The number of rotatable bonds is 5. The predicted molar refractivity (Wildman–Crippen MR) is 83.9 cm³/mol. The van der Waals surface area contributed by atoms with Crippen LogP contribution in [-0.2, 0) is 0 Å². The van der Waals surface area contributed by atoms with E-state index in [1.165, 1.54) is 24.2 Å². The van der Waals surface area contributed by atoms with Crippen LogP contribution in [0.5, 0.6) is 0 Å². The smallest absolute Gasteiger partial charge is 0.0367 e. The number of nitrogens with two attached hydrogens (primary N) is 1. The number of hydrogen-bond donors (Lipinski definition) is 2. The fourth-order valence-electron chi connectivity index (χ4n) is 2.86. The predicted octanol–water partition coefficient (Wildman–Crippen LogP) is 3.21. The van der Waals surface area contributed by atoms with Gasteiger partial charge >= 0.3 is 0 Å². The molecule has 2 rings (SSSR count). The SMILES string of the molecule is CCN(CC)c1ccc(NC2CCC(N)CC2)cc1. The molecular formula is C16H27N3. The van der Waals surface area contributed by atoms with E-state index in [1.54, 1.807) is 0 Å². The summed E-state index contributed by atoms with van der Waals surface area (Å²) in [5.74, 6) is 0. The van der Waals surface area contributed by atoms with E-state index in [4.69, 9.17) is 5.73 Å². The Bertz CT molecular complexity index is 362. The molecule has 0 spiro atoms. The molecule has 0 aliphatic heterocycles. The van der Waals surface area contributed by atoms with E-state index < -0.39 is 0 Å². The van der Waals surface area contributed by atoms with E-state index in [1.807, 2.05) is 0 Å². The summed E-state index contributed by atoms with van der Waals surface area (Å²) in [4.78, 5) is 2.36. The molecule has 0 atom stereocenters. The van der Waals surface area contributed by atoms with Crippen LogP contribution in [0.15, 0.2) is 24.3 Å². The Labute approximate surface area is 117 Å². The maximum Gasteiger partial charge on any atom is 0.0367 e. The van der Waals surface area contributed by atoms with Gasteiger partial charge in [0, 0.05) is 36.5 Å². The molecule has 3 heteroatoms. The highest BCUT2D eigenvalue weighted by atomic mass is 15.1. The van der Waals surface area contributed by atoms with Gasteiger partial charge in [-0.05, 0) is 63.8 Å². The summed E-state index contributed by atoms with van der Waals surface area (Å²) in [6, 6.07) is 9.83. The van der Waals surface area contributed by atoms with Crippen LogP contribution in [-0.4, -0.2) is 25.2 Å². The fraction of sp³-hybridized carbons (Fsp3) is 0.625. The van der Waals surface area contributed by atoms with E-state index in [-0.39, 0.29) is 0 Å². The van der Waals surface area contributed by atoms with Gasteiger partial charge in [0.05, 0.1) is 0 Å².